The van der Waals surface area contributed by atoms with E-state index in [-0.39, 0.29) is 4.32 Å². The van der Waals surface area contributed by atoms with Gasteiger partial charge < -0.3 is 19.7 Å². The molecule has 1 aromatic rings. The first-order valence-corrected chi connectivity index (χ1v) is 11.7. The Kier molecular flexibility index (Phi) is 8.84. The lowest BCUT2D eigenvalue weighted by atomic mass is 10.3. The van der Waals surface area contributed by atoms with Crippen LogP contribution in [-0.2, 0) is 9.59 Å². The van der Waals surface area contributed by atoms with Crippen molar-refractivity contribution in [2.24, 2.45) is 0 Å². The molecule has 29 heavy (non-hydrogen) atoms. The molecule has 3 rings (SSSR count). The van der Waals surface area contributed by atoms with Crippen LogP contribution in [0.1, 0.15) is 20.8 Å². The number of anilines is 1. The van der Waals surface area contributed by atoms with Crippen LogP contribution in [0.2, 0.25) is 5.02 Å². The number of carboxylic acids is 1. The van der Waals surface area contributed by atoms with Gasteiger partial charge in [0, 0.05) is 17.0 Å². The molecule has 1 aromatic carbocycles. The summed E-state index contributed by atoms with van der Waals surface area (Å²) in [5.74, 6) is -1.75. The standard InChI is InChI=1S/C13H9ClN2O3S3.C6H15N/c1-15-7-4-6(14)2-3-8(7)21-12(15)10-11(19)16(5-9(17)18)13(20)22-10;1-4-7(5-2)6-3/h2-4H,5H2,1H3,(H,17,18);4-6H2,1-3H3. The lowest BCUT2D eigenvalue weighted by molar-refractivity contribution is -0.894. The third-order valence-corrected chi connectivity index (χ3v) is 7.66. The zero-order valence-corrected chi connectivity index (χ0v) is 20.0. The fourth-order valence-electron chi connectivity index (χ4n) is 2.86. The van der Waals surface area contributed by atoms with Gasteiger partial charge in [-0.15, -0.1) is 0 Å². The Morgan fingerprint density at radius 1 is 1.21 bits per heavy atom. The number of carboxylic acid groups (broad SMARTS) is 1. The molecule has 2 heterocycles. The van der Waals surface area contributed by atoms with Crippen LogP contribution in [0.5, 0.6) is 0 Å². The molecule has 0 bridgehead atoms. The second-order valence-corrected chi connectivity index (χ2v) is 9.46. The molecule has 1 saturated heterocycles. The summed E-state index contributed by atoms with van der Waals surface area (Å²) in [4.78, 5) is 29.1. The lowest BCUT2D eigenvalue weighted by Crippen LogP contribution is -3.11. The average molecular weight is 474 g/mol. The molecule has 2 aliphatic rings. The van der Waals surface area contributed by atoms with Crippen molar-refractivity contribution in [3.63, 3.8) is 0 Å². The molecule has 0 saturated carbocycles. The maximum atomic E-state index is 12.4. The van der Waals surface area contributed by atoms with Gasteiger partial charge in [0.05, 0.1) is 42.9 Å². The zero-order chi connectivity index (χ0) is 21.7. The van der Waals surface area contributed by atoms with E-state index in [1.807, 2.05) is 24.1 Å². The second kappa shape index (κ2) is 10.7. The third-order valence-electron chi connectivity index (χ3n) is 4.62. The van der Waals surface area contributed by atoms with Gasteiger partial charge in [0.2, 0.25) is 0 Å². The highest BCUT2D eigenvalue weighted by molar-refractivity contribution is 8.27. The number of nitrogens with one attached hydrogen (secondary N) is 1. The molecule has 0 aromatic heterocycles. The molecule has 0 radical (unpaired) electrons. The summed E-state index contributed by atoms with van der Waals surface area (Å²) in [6.07, 6.45) is 0. The first-order chi connectivity index (χ1) is 13.7. The Hall–Kier alpha value is -1.26. The van der Waals surface area contributed by atoms with Crippen LogP contribution in [0.3, 0.4) is 0 Å². The number of hydrogen-bond donors (Lipinski definition) is 1. The molecule has 1 amide bonds. The van der Waals surface area contributed by atoms with Gasteiger partial charge in [-0.25, -0.2) is 0 Å². The van der Waals surface area contributed by atoms with Crippen molar-refractivity contribution < 1.29 is 19.6 Å². The van der Waals surface area contributed by atoms with Crippen molar-refractivity contribution in [3.05, 3.63) is 33.2 Å². The minimum absolute atomic E-state index is 0.222. The first-order valence-electron chi connectivity index (χ1n) is 9.25. The van der Waals surface area contributed by atoms with Crippen molar-refractivity contribution in [2.75, 3.05) is 38.1 Å². The van der Waals surface area contributed by atoms with E-state index in [1.165, 1.54) is 31.4 Å². The average Bonchev–Trinajstić information content (AvgIpc) is 3.14. The Morgan fingerprint density at radius 3 is 2.34 bits per heavy atom. The molecule has 1 N–H and O–H groups in total. The van der Waals surface area contributed by atoms with Gasteiger partial charge in [0.1, 0.15) is 9.23 Å². The van der Waals surface area contributed by atoms with Crippen LogP contribution >= 0.6 is 47.3 Å². The van der Waals surface area contributed by atoms with Gasteiger partial charge in [-0.1, -0.05) is 47.3 Å². The largest absolute Gasteiger partial charge is 0.548 e. The maximum Gasteiger partial charge on any atom is 0.269 e. The van der Waals surface area contributed by atoms with Crippen LogP contribution in [0.15, 0.2) is 33.0 Å². The zero-order valence-electron chi connectivity index (χ0n) is 16.8. The van der Waals surface area contributed by atoms with Crippen molar-refractivity contribution >= 4 is 69.2 Å². The summed E-state index contributed by atoms with van der Waals surface area (Å²) in [7, 11) is 1.83. The van der Waals surface area contributed by atoms with Gasteiger partial charge in [-0.05, 0) is 39.0 Å². The monoisotopic (exact) mass is 473 g/mol. The number of hydrogen-bond acceptors (Lipinski definition) is 7. The summed E-state index contributed by atoms with van der Waals surface area (Å²) in [5, 5.41) is 12.1. The van der Waals surface area contributed by atoms with E-state index in [4.69, 9.17) is 23.8 Å². The quantitative estimate of drug-likeness (QED) is 0.514. The fourth-order valence-corrected chi connectivity index (χ4v) is 5.59. The molecule has 0 atom stereocenters. The highest BCUT2D eigenvalue weighted by atomic mass is 35.5. The van der Waals surface area contributed by atoms with E-state index >= 15 is 0 Å². The maximum absolute atomic E-state index is 12.4. The van der Waals surface area contributed by atoms with Crippen LogP contribution in [0.25, 0.3) is 0 Å². The van der Waals surface area contributed by atoms with E-state index in [0.717, 1.165) is 32.3 Å². The van der Waals surface area contributed by atoms with Crippen molar-refractivity contribution in [1.29, 1.82) is 0 Å². The van der Waals surface area contributed by atoms with E-state index in [2.05, 4.69) is 20.8 Å². The second-order valence-electron chi connectivity index (χ2n) is 6.35. The number of amides is 1. The summed E-state index contributed by atoms with van der Waals surface area (Å²) >= 11 is 13.6. The molecule has 0 unspecified atom stereocenters. The number of rotatable bonds is 5. The van der Waals surface area contributed by atoms with Crippen molar-refractivity contribution in [3.8, 4) is 0 Å². The van der Waals surface area contributed by atoms with Crippen LogP contribution < -0.4 is 14.9 Å². The van der Waals surface area contributed by atoms with Gasteiger partial charge in [-0.3, -0.25) is 9.69 Å². The van der Waals surface area contributed by atoms with E-state index in [9.17, 15) is 14.7 Å². The number of thioether (sulfide) groups is 2. The molecule has 10 heteroatoms. The number of quaternary nitrogens is 1. The number of carbonyl (C=O) groups is 2. The molecule has 0 aliphatic carbocycles. The number of thiocarbonyl (C=S) groups is 1. The SMILES string of the molecule is CC[NH+](CC)CC.CN1C(=C2SC(=S)N(CC(=O)[O-])C2=O)Sc2ccc(Cl)cc21. The Labute approximate surface area is 190 Å². The normalized spacial score (nSPS) is 18.3. The number of nitrogens with zero attached hydrogens (tertiary/aromatic N) is 2. The predicted octanol–water partition coefficient (Wildman–Crippen LogP) is 1.59. The number of halogens is 1. The summed E-state index contributed by atoms with van der Waals surface area (Å²) in [6, 6.07) is 5.48. The third kappa shape index (κ3) is 5.67. The van der Waals surface area contributed by atoms with Crippen molar-refractivity contribution in [1.82, 2.24) is 4.90 Å². The number of aliphatic carboxylic acids is 1. The van der Waals surface area contributed by atoms with Gasteiger partial charge >= 0.3 is 0 Å². The molecule has 0 spiro atoms. The van der Waals surface area contributed by atoms with E-state index in [0.29, 0.717) is 9.93 Å². The molecular formula is C19H24ClN3O3S3. The fraction of sp³-hybridized carbons (Fsp3) is 0.421. The summed E-state index contributed by atoms with van der Waals surface area (Å²) in [6.45, 7) is 9.95. The predicted molar refractivity (Wildman–Crippen MR) is 122 cm³/mol. The Morgan fingerprint density at radius 2 is 1.83 bits per heavy atom. The highest BCUT2D eigenvalue weighted by Crippen LogP contribution is 2.50. The van der Waals surface area contributed by atoms with Crippen LogP contribution in [-0.4, -0.2) is 54.3 Å². The van der Waals surface area contributed by atoms with Crippen LogP contribution in [0.4, 0.5) is 5.69 Å². The lowest BCUT2D eigenvalue weighted by Gasteiger charge is -2.16. The van der Waals surface area contributed by atoms with Gasteiger partial charge in [0.25, 0.3) is 5.91 Å². The van der Waals surface area contributed by atoms with E-state index < -0.39 is 18.4 Å². The van der Waals surface area contributed by atoms with E-state index in [1.54, 1.807) is 11.0 Å². The minimum atomic E-state index is -1.34. The van der Waals surface area contributed by atoms with Crippen LogP contribution in [0, 0.1) is 0 Å². The molecule has 158 valence electrons. The minimum Gasteiger partial charge on any atom is -0.548 e. The molecule has 6 nitrogen and oxygen atoms in total. The molecule has 2 aliphatic heterocycles. The highest BCUT2D eigenvalue weighted by Gasteiger charge is 2.38. The van der Waals surface area contributed by atoms with Gasteiger partial charge in [0.15, 0.2) is 0 Å². The topological polar surface area (TPSA) is 68.1 Å². The Balaban J connectivity index is 0.000000370. The first kappa shape index (κ1) is 24.0. The molecular weight excluding hydrogens is 450 g/mol. The molecule has 1 fully saturated rings. The summed E-state index contributed by atoms with van der Waals surface area (Å²) in [5.41, 5.74) is 0.901. The summed E-state index contributed by atoms with van der Waals surface area (Å²) < 4.78 is 0.222. The number of carbonyl (C=O) groups excluding carboxylic acids is 2. The van der Waals surface area contributed by atoms with Gasteiger partial charge in [-0.2, -0.15) is 0 Å². The Bertz CT molecular complexity index is 838. The smallest absolute Gasteiger partial charge is 0.269 e. The van der Waals surface area contributed by atoms with Crippen molar-refractivity contribution in [2.45, 2.75) is 25.7 Å². The number of fused-ring (bicyclic) bond motifs is 1. The number of benzene rings is 1.